The molecule has 2 aliphatic rings. The van der Waals surface area contributed by atoms with Crippen molar-refractivity contribution in [1.29, 1.82) is 0 Å². The van der Waals surface area contributed by atoms with Crippen molar-refractivity contribution in [1.82, 2.24) is 20.6 Å². The molecule has 238 valence electrons. The zero-order valence-electron chi connectivity index (χ0n) is 25.8. The highest BCUT2D eigenvalue weighted by molar-refractivity contribution is 7.80. The molecular formula is C33H44N4O6S. The highest BCUT2D eigenvalue weighted by Crippen LogP contribution is 2.35. The Morgan fingerprint density at radius 2 is 1.57 bits per heavy atom. The molecule has 1 fully saturated rings. The van der Waals surface area contributed by atoms with Crippen LogP contribution in [0.5, 0.6) is 0 Å². The number of carbonyl (C=O) groups excluding carboxylic acids is 1. The van der Waals surface area contributed by atoms with E-state index in [-0.39, 0.29) is 36.6 Å². The Morgan fingerprint density at radius 1 is 0.955 bits per heavy atom. The maximum atomic E-state index is 12.4. The van der Waals surface area contributed by atoms with Gasteiger partial charge in [0.25, 0.3) is 5.91 Å². The van der Waals surface area contributed by atoms with Crippen LogP contribution in [0.1, 0.15) is 78.1 Å². The lowest BCUT2D eigenvalue weighted by Crippen LogP contribution is -2.30. The summed E-state index contributed by atoms with van der Waals surface area (Å²) in [5.74, 6) is -1.11. The number of carboxylic acid groups (broad SMARTS) is 2. The Labute approximate surface area is 263 Å². The van der Waals surface area contributed by atoms with Gasteiger partial charge in [0, 0.05) is 71.6 Å². The Kier molecular flexibility index (Phi) is 10.5. The van der Waals surface area contributed by atoms with Gasteiger partial charge in [-0.25, -0.2) is 0 Å². The number of allylic oxidation sites excluding steroid dienone is 1. The smallest absolute Gasteiger partial charge is 0.303 e. The summed E-state index contributed by atoms with van der Waals surface area (Å²) in [6, 6.07) is -0.202. The summed E-state index contributed by atoms with van der Waals surface area (Å²) >= 11 is 4.41. The molecule has 4 rings (SSSR count). The number of aliphatic hydroxyl groups excluding tert-OH is 1. The molecule has 0 saturated carbocycles. The largest absolute Gasteiger partial charge is 0.481 e. The lowest BCUT2D eigenvalue weighted by molar-refractivity contribution is -0.138. The van der Waals surface area contributed by atoms with Crippen LogP contribution in [0.15, 0.2) is 29.5 Å². The van der Waals surface area contributed by atoms with E-state index >= 15 is 0 Å². The van der Waals surface area contributed by atoms with E-state index in [9.17, 15) is 29.7 Å². The summed E-state index contributed by atoms with van der Waals surface area (Å²) in [7, 11) is 0. The number of aliphatic carboxylic acids is 2. The predicted molar refractivity (Wildman–Crippen MR) is 173 cm³/mol. The molecule has 4 heterocycles. The molecule has 0 bridgehead atoms. The quantitative estimate of drug-likeness (QED) is 0.147. The van der Waals surface area contributed by atoms with Gasteiger partial charge in [-0.1, -0.05) is 19.6 Å². The predicted octanol–water partition coefficient (Wildman–Crippen LogP) is 3.96. The maximum Gasteiger partial charge on any atom is 0.303 e. The van der Waals surface area contributed by atoms with Crippen LogP contribution in [0, 0.1) is 25.7 Å². The van der Waals surface area contributed by atoms with Gasteiger partial charge in [0.1, 0.15) is 6.23 Å². The Morgan fingerprint density at radius 3 is 2.14 bits per heavy atom. The Balaban J connectivity index is 1.74. The average Bonchev–Trinajstić information content (AvgIpc) is 3.60. The number of carboxylic acids is 2. The number of carbonyl (C=O) groups is 3. The third kappa shape index (κ3) is 6.99. The molecule has 0 radical (unpaired) electrons. The lowest BCUT2D eigenvalue weighted by atomic mass is 9.91. The fourth-order valence-corrected chi connectivity index (χ4v) is 6.87. The SMILES string of the molecule is C=CC1=C(C)[C@@H](Cc2[nH]c(Cc3[nH]c(/C=C4\NC(O)[C@H](C)[C@H]4CCS)c(C)c3CCC(=O)O)c(CCC(=O)O)c2C)NC1=O. The number of nitrogens with one attached hydrogen (secondary N) is 4. The molecule has 0 aliphatic carbocycles. The monoisotopic (exact) mass is 624 g/mol. The summed E-state index contributed by atoms with van der Waals surface area (Å²) in [6.45, 7) is 11.6. The van der Waals surface area contributed by atoms with E-state index in [0.29, 0.717) is 37.0 Å². The van der Waals surface area contributed by atoms with Gasteiger partial charge in [0.05, 0.1) is 6.04 Å². The van der Waals surface area contributed by atoms with Crippen LogP contribution in [-0.4, -0.2) is 61.2 Å². The van der Waals surface area contributed by atoms with E-state index in [1.54, 1.807) is 6.08 Å². The number of hydrogen-bond donors (Lipinski definition) is 8. The van der Waals surface area contributed by atoms with Gasteiger partial charge in [0.15, 0.2) is 0 Å². The van der Waals surface area contributed by atoms with Crippen molar-refractivity contribution in [2.24, 2.45) is 11.8 Å². The van der Waals surface area contributed by atoms with Crippen LogP contribution in [0.3, 0.4) is 0 Å². The minimum Gasteiger partial charge on any atom is -0.481 e. The minimum absolute atomic E-state index is 0.0254. The molecule has 2 aromatic heterocycles. The van der Waals surface area contributed by atoms with Gasteiger partial charge in [-0.3, -0.25) is 14.4 Å². The van der Waals surface area contributed by atoms with Gasteiger partial charge in [-0.05, 0) is 79.7 Å². The molecule has 11 heteroatoms. The van der Waals surface area contributed by atoms with Crippen molar-refractivity contribution < 1.29 is 29.7 Å². The van der Waals surface area contributed by atoms with E-state index < -0.39 is 18.2 Å². The minimum atomic E-state index is -0.890. The maximum absolute atomic E-state index is 12.4. The second kappa shape index (κ2) is 13.9. The standard InChI is InChI=1S/C33H44N4O6S/c1-6-20-16(2)26(36-33(20)43)13-24-17(3)21(7-9-30(38)39)27(34-24)15-28-22(8-10-31(40)41)18(4)25(35-28)14-29-23(11-12-44)19(5)32(42)37-29/h6,14,19,23,26,32,34-35,37,42,44H,1,7-13,15H2,2-5H3,(H,36,43)(H,38,39)(H,40,41)/b29-14-/t19-,23-,26-,32?/m1/s1. The Bertz CT molecular complexity index is 1520. The summed E-state index contributed by atoms with van der Waals surface area (Å²) < 4.78 is 0. The van der Waals surface area contributed by atoms with Crippen molar-refractivity contribution in [2.75, 3.05) is 5.75 Å². The number of thiol groups is 1. The number of aromatic nitrogens is 2. The van der Waals surface area contributed by atoms with Gasteiger partial charge in [-0.2, -0.15) is 12.6 Å². The summed E-state index contributed by atoms with van der Waals surface area (Å²) in [5, 5.41) is 35.7. The number of amides is 1. The molecule has 10 nitrogen and oxygen atoms in total. The second-order valence-electron chi connectivity index (χ2n) is 12.0. The van der Waals surface area contributed by atoms with Gasteiger partial charge >= 0.3 is 11.9 Å². The van der Waals surface area contributed by atoms with E-state index in [0.717, 1.165) is 62.7 Å². The Hall–Kier alpha value is -3.70. The van der Waals surface area contributed by atoms with Crippen LogP contribution in [0.2, 0.25) is 0 Å². The summed E-state index contributed by atoms with van der Waals surface area (Å²) in [6.07, 6.45) is 5.28. The highest BCUT2D eigenvalue weighted by atomic mass is 32.1. The zero-order chi connectivity index (χ0) is 32.3. The molecule has 0 aromatic carbocycles. The fraction of sp³-hybridized carbons (Fsp3) is 0.485. The normalized spacial score (nSPS) is 22.5. The van der Waals surface area contributed by atoms with Crippen LogP contribution in [0.25, 0.3) is 6.08 Å². The average molecular weight is 625 g/mol. The van der Waals surface area contributed by atoms with Crippen molar-refractivity contribution in [3.63, 3.8) is 0 Å². The fourth-order valence-electron chi connectivity index (χ4n) is 6.60. The van der Waals surface area contributed by atoms with Crippen LogP contribution in [0.4, 0.5) is 0 Å². The lowest BCUT2D eigenvalue weighted by Gasteiger charge is -2.14. The molecular weight excluding hydrogens is 580 g/mol. The van der Waals surface area contributed by atoms with Crippen molar-refractivity contribution in [3.8, 4) is 0 Å². The van der Waals surface area contributed by atoms with Crippen LogP contribution in [-0.2, 0) is 40.1 Å². The van der Waals surface area contributed by atoms with Crippen molar-refractivity contribution >= 4 is 36.6 Å². The molecule has 4 atom stereocenters. The van der Waals surface area contributed by atoms with Gasteiger partial charge in [-0.15, -0.1) is 0 Å². The molecule has 2 aromatic rings. The number of hydrogen-bond acceptors (Lipinski definition) is 6. The third-order valence-corrected chi connectivity index (χ3v) is 9.56. The first kappa shape index (κ1) is 33.2. The van der Waals surface area contributed by atoms with E-state index in [1.165, 1.54) is 0 Å². The molecule has 2 aliphatic heterocycles. The third-order valence-electron chi connectivity index (χ3n) is 9.31. The number of aromatic amines is 2. The topological polar surface area (TPSA) is 168 Å². The first-order chi connectivity index (χ1) is 20.9. The molecule has 1 saturated heterocycles. The highest BCUT2D eigenvalue weighted by Gasteiger charge is 2.35. The molecule has 1 unspecified atom stereocenters. The zero-order valence-corrected chi connectivity index (χ0v) is 26.7. The van der Waals surface area contributed by atoms with Crippen molar-refractivity contribution in [3.05, 3.63) is 74.5 Å². The first-order valence-electron chi connectivity index (χ1n) is 15.1. The van der Waals surface area contributed by atoms with Crippen molar-refractivity contribution in [2.45, 2.75) is 84.9 Å². The number of H-pyrrole nitrogens is 2. The summed E-state index contributed by atoms with van der Waals surface area (Å²) in [5.41, 5.74) is 9.61. The molecule has 7 N–H and O–H groups in total. The number of rotatable bonds is 14. The van der Waals surface area contributed by atoms with E-state index in [4.69, 9.17) is 0 Å². The van der Waals surface area contributed by atoms with Crippen LogP contribution >= 0.6 is 12.6 Å². The first-order valence-corrected chi connectivity index (χ1v) is 15.7. The number of aliphatic hydroxyl groups is 1. The van der Waals surface area contributed by atoms with Crippen LogP contribution < -0.4 is 10.6 Å². The summed E-state index contributed by atoms with van der Waals surface area (Å²) in [4.78, 5) is 42.6. The van der Waals surface area contributed by atoms with Gasteiger partial charge in [0.2, 0.25) is 0 Å². The molecule has 44 heavy (non-hydrogen) atoms. The molecule has 1 amide bonds. The second-order valence-corrected chi connectivity index (χ2v) is 12.4. The van der Waals surface area contributed by atoms with Gasteiger partial charge < -0.3 is 35.9 Å². The van der Waals surface area contributed by atoms with E-state index in [2.05, 4.69) is 39.8 Å². The molecule has 0 spiro atoms. The van der Waals surface area contributed by atoms with E-state index in [1.807, 2.05) is 33.8 Å².